The van der Waals surface area contributed by atoms with Gasteiger partial charge in [0.1, 0.15) is 0 Å². The monoisotopic (exact) mass is 255 g/mol. The Labute approximate surface area is 112 Å². The van der Waals surface area contributed by atoms with Crippen LogP contribution in [0.5, 0.6) is 0 Å². The van der Waals surface area contributed by atoms with E-state index in [1.807, 2.05) is 0 Å². The van der Waals surface area contributed by atoms with E-state index in [2.05, 4.69) is 19.2 Å². The number of ether oxygens (including phenoxy) is 2. The molecule has 0 spiro atoms. The SMILES string of the molecule is CCNC(C1CCOC1)C1(OCC)CCCCC1. The Kier molecular flexibility index (Phi) is 5.46. The smallest absolute Gasteiger partial charge is 0.0838 e. The van der Waals surface area contributed by atoms with Gasteiger partial charge in [-0.2, -0.15) is 0 Å². The van der Waals surface area contributed by atoms with Gasteiger partial charge >= 0.3 is 0 Å². The lowest BCUT2D eigenvalue weighted by atomic mass is 9.74. The van der Waals surface area contributed by atoms with Crippen LogP contribution in [0, 0.1) is 5.92 Å². The van der Waals surface area contributed by atoms with Gasteiger partial charge in [-0.3, -0.25) is 0 Å². The number of rotatable bonds is 6. The van der Waals surface area contributed by atoms with Crippen molar-refractivity contribution in [2.75, 3.05) is 26.4 Å². The van der Waals surface area contributed by atoms with Crippen LogP contribution in [-0.4, -0.2) is 38.0 Å². The van der Waals surface area contributed by atoms with Crippen LogP contribution >= 0.6 is 0 Å². The molecule has 3 heteroatoms. The highest BCUT2D eigenvalue weighted by atomic mass is 16.5. The summed E-state index contributed by atoms with van der Waals surface area (Å²) in [6.07, 6.45) is 7.62. The molecule has 2 fully saturated rings. The number of hydrogen-bond acceptors (Lipinski definition) is 3. The third kappa shape index (κ3) is 3.06. The fourth-order valence-corrected chi connectivity index (χ4v) is 3.80. The summed E-state index contributed by atoms with van der Waals surface area (Å²) in [6, 6.07) is 0.477. The van der Waals surface area contributed by atoms with Gasteiger partial charge in [-0.1, -0.05) is 26.2 Å². The van der Waals surface area contributed by atoms with Gasteiger partial charge in [0.2, 0.25) is 0 Å². The van der Waals surface area contributed by atoms with E-state index in [1.165, 1.54) is 38.5 Å². The number of hydrogen-bond donors (Lipinski definition) is 1. The zero-order valence-corrected chi connectivity index (χ0v) is 12.0. The first-order valence-corrected chi connectivity index (χ1v) is 7.77. The number of nitrogens with one attached hydrogen (secondary N) is 1. The predicted octanol–water partition coefficient (Wildman–Crippen LogP) is 2.74. The van der Waals surface area contributed by atoms with Crippen molar-refractivity contribution in [1.29, 1.82) is 0 Å². The molecule has 0 aromatic carbocycles. The molecule has 1 aliphatic heterocycles. The standard InChI is InChI=1S/C15H29NO2/c1-3-16-14(13-8-11-17-12-13)15(18-4-2)9-6-5-7-10-15/h13-14,16H,3-12H2,1-2H3. The Hall–Kier alpha value is -0.120. The van der Waals surface area contributed by atoms with E-state index >= 15 is 0 Å². The van der Waals surface area contributed by atoms with E-state index in [-0.39, 0.29) is 5.60 Å². The molecule has 0 amide bonds. The van der Waals surface area contributed by atoms with Crippen molar-refractivity contribution in [1.82, 2.24) is 5.32 Å². The first-order chi connectivity index (χ1) is 8.82. The van der Waals surface area contributed by atoms with Crippen LogP contribution in [0.1, 0.15) is 52.4 Å². The Morgan fingerprint density at radius 3 is 2.61 bits per heavy atom. The molecule has 106 valence electrons. The molecule has 2 atom stereocenters. The third-order valence-corrected chi connectivity index (χ3v) is 4.56. The topological polar surface area (TPSA) is 30.5 Å². The summed E-state index contributed by atoms with van der Waals surface area (Å²) in [5.41, 5.74) is 0.0708. The minimum Gasteiger partial charge on any atom is -0.381 e. The normalized spacial score (nSPS) is 29.3. The van der Waals surface area contributed by atoms with Crippen molar-refractivity contribution in [2.24, 2.45) is 5.92 Å². The van der Waals surface area contributed by atoms with E-state index in [0.29, 0.717) is 12.0 Å². The maximum Gasteiger partial charge on any atom is 0.0838 e. The first-order valence-electron chi connectivity index (χ1n) is 7.77. The van der Waals surface area contributed by atoms with Crippen LogP contribution in [0.2, 0.25) is 0 Å². The minimum atomic E-state index is 0.0708. The summed E-state index contributed by atoms with van der Waals surface area (Å²) in [7, 11) is 0. The molecule has 0 radical (unpaired) electrons. The van der Waals surface area contributed by atoms with Crippen molar-refractivity contribution in [2.45, 2.75) is 64.0 Å². The second-order valence-electron chi connectivity index (χ2n) is 5.72. The Morgan fingerprint density at radius 1 is 1.28 bits per heavy atom. The maximum atomic E-state index is 6.28. The molecule has 1 N–H and O–H groups in total. The molecular formula is C15H29NO2. The predicted molar refractivity (Wildman–Crippen MR) is 73.8 cm³/mol. The van der Waals surface area contributed by atoms with Crippen molar-refractivity contribution in [3.8, 4) is 0 Å². The maximum absolute atomic E-state index is 6.28. The van der Waals surface area contributed by atoms with E-state index in [0.717, 1.165) is 26.4 Å². The summed E-state index contributed by atoms with van der Waals surface area (Å²) >= 11 is 0. The van der Waals surface area contributed by atoms with Crippen LogP contribution in [0.15, 0.2) is 0 Å². The van der Waals surface area contributed by atoms with Crippen molar-refractivity contribution < 1.29 is 9.47 Å². The van der Waals surface area contributed by atoms with Gasteiger partial charge in [-0.15, -0.1) is 0 Å². The van der Waals surface area contributed by atoms with E-state index in [9.17, 15) is 0 Å². The molecule has 1 heterocycles. The van der Waals surface area contributed by atoms with Gasteiger partial charge in [0.25, 0.3) is 0 Å². The van der Waals surface area contributed by atoms with E-state index in [4.69, 9.17) is 9.47 Å². The Balaban J connectivity index is 2.12. The lowest BCUT2D eigenvalue weighted by Gasteiger charge is -2.46. The largest absolute Gasteiger partial charge is 0.381 e. The summed E-state index contributed by atoms with van der Waals surface area (Å²) in [5.74, 6) is 0.634. The van der Waals surface area contributed by atoms with Crippen LogP contribution < -0.4 is 5.32 Å². The summed E-state index contributed by atoms with van der Waals surface area (Å²) < 4.78 is 11.9. The highest BCUT2D eigenvalue weighted by Gasteiger charge is 2.44. The highest BCUT2D eigenvalue weighted by molar-refractivity contribution is 4.99. The van der Waals surface area contributed by atoms with Crippen LogP contribution in [0.3, 0.4) is 0 Å². The summed E-state index contributed by atoms with van der Waals surface area (Å²) in [6.45, 7) is 8.02. The fourth-order valence-electron chi connectivity index (χ4n) is 3.80. The molecule has 0 aromatic heterocycles. The lowest BCUT2D eigenvalue weighted by Crippen LogP contribution is -2.57. The molecule has 1 saturated carbocycles. The van der Waals surface area contributed by atoms with E-state index < -0.39 is 0 Å². The number of likely N-dealkylation sites (N-methyl/N-ethyl adjacent to an activating group) is 1. The van der Waals surface area contributed by atoms with Crippen molar-refractivity contribution >= 4 is 0 Å². The summed E-state index contributed by atoms with van der Waals surface area (Å²) in [4.78, 5) is 0. The fraction of sp³-hybridized carbons (Fsp3) is 1.00. The quantitative estimate of drug-likeness (QED) is 0.791. The Morgan fingerprint density at radius 2 is 2.06 bits per heavy atom. The van der Waals surface area contributed by atoms with Crippen LogP contribution in [-0.2, 0) is 9.47 Å². The Bertz CT molecular complexity index is 227. The second kappa shape index (κ2) is 6.88. The molecule has 1 saturated heterocycles. The highest BCUT2D eigenvalue weighted by Crippen LogP contribution is 2.39. The zero-order valence-electron chi connectivity index (χ0n) is 12.0. The molecule has 2 aliphatic rings. The van der Waals surface area contributed by atoms with Gasteiger partial charge < -0.3 is 14.8 Å². The van der Waals surface area contributed by atoms with E-state index in [1.54, 1.807) is 0 Å². The van der Waals surface area contributed by atoms with Crippen LogP contribution in [0.25, 0.3) is 0 Å². The van der Waals surface area contributed by atoms with Crippen LogP contribution in [0.4, 0.5) is 0 Å². The molecule has 2 rings (SSSR count). The van der Waals surface area contributed by atoms with Gasteiger partial charge in [0.15, 0.2) is 0 Å². The van der Waals surface area contributed by atoms with Gasteiger partial charge in [0.05, 0.1) is 12.2 Å². The summed E-state index contributed by atoms with van der Waals surface area (Å²) in [5, 5.41) is 3.71. The van der Waals surface area contributed by atoms with Crippen molar-refractivity contribution in [3.63, 3.8) is 0 Å². The molecule has 2 unspecified atom stereocenters. The van der Waals surface area contributed by atoms with Gasteiger partial charge in [-0.05, 0) is 32.7 Å². The third-order valence-electron chi connectivity index (χ3n) is 4.56. The molecule has 18 heavy (non-hydrogen) atoms. The second-order valence-corrected chi connectivity index (χ2v) is 5.72. The average molecular weight is 255 g/mol. The lowest BCUT2D eigenvalue weighted by molar-refractivity contribution is -0.102. The molecule has 0 bridgehead atoms. The molecule has 3 nitrogen and oxygen atoms in total. The molecule has 0 aromatic rings. The first kappa shape index (κ1) is 14.3. The molecular weight excluding hydrogens is 226 g/mol. The molecule has 1 aliphatic carbocycles. The average Bonchev–Trinajstić information content (AvgIpc) is 2.91. The minimum absolute atomic E-state index is 0.0708. The van der Waals surface area contributed by atoms with Gasteiger partial charge in [0, 0.05) is 25.2 Å². The zero-order chi connectivity index (χ0) is 12.8. The van der Waals surface area contributed by atoms with Gasteiger partial charge in [-0.25, -0.2) is 0 Å². The van der Waals surface area contributed by atoms with Crippen molar-refractivity contribution in [3.05, 3.63) is 0 Å².